The summed E-state index contributed by atoms with van der Waals surface area (Å²) in [6, 6.07) is 12.1. The van der Waals surface area contributed by atoms with E-state index in [0.717, 1.165) is 16.6 Å². The summed E-state index contributed by atoms with van der Waals surface area (Å²) in [7, 11) is -3.92. The smallest absolute Gasteiger partial charge is 0.220 e. The maximum absolute atomic E-state index is 13.6. The number of anilines is 2. The summed E-state index contributed by atoms with van der Waals surface area (Å²) in [5.41, 5.74) is 0.805. The van der Waals surface area contributed by atoms with Gasteiger partial charge in [0.2, 0.25) is 9.84 Å². The van der Waals surface area contributed by atoms with E-state index in [2.05, 4.69) is 15.9 Å². The number of hydrogen-bond donors (Lipinski definition) is 0. The van der Waals surface area contributed by atoms with Crippen LogP contribution < -0.4 is 4.90 Å². The Kier molecular flexibility index (Phi) is 3.51. The molecule has 0 bridgehead atoms. The van der Waals surface area contributed by atoms with E-state index in [9.17, 15) is 12.8 Å². The van der Waals surface area contributed by atoms with Gasteiger partial charge in [0.1, 0.15) is 11.9 Å². The monoisotopic (exact) mass is 378 g/mol. The second-order valence-electron chi connectivity index (χ2n) is 4.57. The molecule has 0 aromatic heterocycles. The molecule has 0 N–H and O–H groups in total. The molecule has 1 aliphatic rings. The van der Waals surface area contributed by atoms with E-state index >= 15 is 0 Å². The van der Waals surface area contributed by atoms with Crippen molar-refractivity contribution in [3.05, 3.63) is 63.9 Å². The number of benzene rings is 2. The molecule has 110 valence electrons. The Labute approximate surface area is 135 Å². The number of hydrogen-bond acceptors (Lipinski definition) is 4. The minimum Gasteiger partial charge on any atom is -0.314 e. The van der Waals surface area contributed by atoms with Crippen molar-refractivity contribution in [2.24, 2.45) is 0 Å². The third kappa shape index (κ3) is 2.30. The second-order valence-corrected chi connectivity index (χ2v) is 7.37. The number of sulfone groups is 1. The van der Waals surface area contributed by atoms with Crippen LogP contribution in [0.25, 0.3) is 0 Å². The Hall–Kier alpha value is -2.17. The summed E-state index contributed by atoms with van der Waals surface area (Å²) in [5, 5.41) is 9.11. The lowest BCUT2D eigenvalue weighted by Crippen LogP contribution is -2.21. The van der Waals surface area contributed by atoms with Crippen LogP contribution in [0.2, 0.25) is 0 Å². The first kappa shape index (κ1) is 14.8. The van der Waals surface area contributed by atoms with Crippen molar-refractivity contribution in [3.8, 4) is 6.07 Å². The molecule has 3 rings (SSSR count). The van der Waals surface area contributed by atoms with Crippen molar-refractivity contribution in [1.29, 1.82) is 5.26 Å². The molecule has 0 radical (unpaired) electrons. The predicted octanol–water partition coefficient (Wildman–Crippen LogP) is 3.88. The summed E-state index contributed by atoms with van der Waals surface area (Å²) >= 11 is 3.31. The minimum absolute atomic E-state index is 0.0872. The summed E-state index contributed by atoms with van der Waals surface area (Å²) in [5.74, 6) is -0.551. The molecule has 0 aliphatic carbocycles. The zero-order chi connectivity index (χ0) is 15.9. The van der Waals surface area contributed by atoms with Crippen molar-refractivity contribution in [3.63, 3.8) is 0 Å². The van der Waals surface area contributed by atoms with E-state index in [4.69, 9.17) is 5.26 Å². The van der Waals surface area contributed by atoms with Crippen molar-refractivity contribution < 1.29 is 12.8 Å². The molecule has 0 amide bonds. The third-order valence-corrected chi connectivity index (χ3v) is 5.45. The minimum atomic E-state index is -3.92. The molecule has 7 heteroatoms. The number of rotatable bonds is 1. The van der Waals surface area contributed by atoms with Crippen LogP contribution in [0.3, 0.4) is 0 Å². The van der Waals surface area contributed by atoms with Crippen LogP contribution in [0.1, 0.15) is 0 Å². The summed E-state index contributed by atoms with van der Waals surface area (Å²) in [4.78, 5) is 1.02. The standard InChI is InChI=1S/C15H8BrFN2O2S/c16-10-1-4-12(5-2-10)19-9-13(8-18)22(20,21)15-6-3-11(17)7-14(15)19/h1-7,9H. The fraction of sp³-hybridized carbons (Fsp3) is 0. The largest absolute Gasteiger partial charge is 0.314 e. The van der Waals surface area contributed by atoms with Crippen LogP contribution >= 0.6 is 15.9 Å². The lowest BCUT2D eigenvalue weighted by atomic mass is 10.2. The highest BCUT2D eigenvalue weighted by Gasteiger charge is 2.32. The van der Waals surface area contributed by atoms with Crippen molar-refractivity contribution >= 4 is 37.1 Å². The molecule has 0 saturated carbocycles. The summed E-state index contributed by atoms with van der Waals surface area (Å²) in [6.07, 6.45) is 1.21. The highest BCUT2D eigenvalue weighted by Crippen LogP contribution is 2.39. The van der Waals surface area contributed by atoms with E-state index < -0.39 is 15.7 Å². The maximum atomic E-state index is 13.6. The van der Waals surface area contributed by atoms with Gasteiger partial charge in [0.05, 0.1) is 10.6 Å². The highest BCUT2D eigenvalue weighted by atomic mass is 79.9. The van der Waals surface area contributed by atoms with Gasteiger partial charge in [0.25, 0.3) is 0 Å². The Morgan fingerprint density at radius 1 is 1.14 bits per heavy atom. The number of nitriles is 1. The fourth-order valence-electron chi connectivity index (χ4n) is 2.18. The SMILES string of the molecule is N#CC1=CN(c2ccc(Br)cc2)c2cc(F)ccc2S1(=O)=O. The fourth-order valence-corrected chi connectivity index (χ4v) is 3.73. The molecule has 0 spiro atoms. The van der Waals surface area contributed by atoms with Gasteiger partial charge in [-0.2, -0.15) is 5.26 Å². The normalized spacial score (nSPS) is 15.7. The topological polar surface area (TPSA) is 61.2 Å². The van der Waals surface area contributed by atoms with Gasteiger partial charge < -0.3 is 4.90 Å². The highest BCUT2D eigenvalue weighted by molar-refractivity contribution is 9.10. The average Bonchev–Trinajstić information content (AvgIpc) is 2.48. The molecule has 1 aliphatic heterocycles. The Balaban J connectivity index is 2.29. The molecule has 2 aromatic carbocycles. The van der Waals surface area contributed by atoms with E-state index in [1.54, 1.807) is 30.3 Å². The van der Waals surface area contributed by atoms with Crippen LogP contribution in [-0.2, 0) is 9.84 Å². The molecule has 22 heavy (non-hydrogen) atoms. The van der Waals surface area contributed by atoms with Crippen LogP contribution in [0, 0.1) is 17.1 Å². The van der Waals surface area contributed by atoms with Gasteiger partial charge in [0.15, 0.2) is 4.91 Å². The van der Waals surface area contributed by atoms with Crippen molar-refractivity contribution in [2.45, 2.75) is 4.90 Å². The quantitative estimate of drug-likeness (QED) is 0.706. The van der Waals surface area contributed by atoms with E-state index in [1.807, 2.05) is 0 Å². The first-order chi connectivity index (χ1) is 10.4. The van der Waals surface area contributed by atoms with Crippen LogP contribution in [-0.4, -0.2) is 8.42 Å². The molecule has 2 aromatic rings. The van der Waals surface area contributed by atoms with Gasteiger partial charge in [0, 0.05) is 16.4 Å². The molecular formula is C15H8BrFN2O2S. The van der Waals surface area contributed by atoms with Crippen molar-refractivity contribution in [2.75, 3.05) is 4.90 Å². The van der Waals surface area contributed by atoms with Gasteiger partial charge in [-0.3, -0.25) is 0 Å². The molecule has 0 saturated heterocycles. The van der Waals surface area contributed by atoms with E-state index in [0.29, 0.717) is 5.69 Å². The van der Waals surface area contributed by atoms with E-state index in [1.165, 1.54) is 17.2 Å². The summed E-state index contributed by atoms with van der Waals surface area (Å²) < 4.78 is 39.1. The second kappa shape index (κ2) is 5.23. The van der Waals surface area contributed by atoms with Crippen molar-refractivity contribution in [1.82, 2.24) is 0 Å². The molecule has 4 nitrogen and oxygen atoms in total. The molecule has 1 heterocycles. The zero-order valence-corrected chi connectivity index (χ0v) is 13.4. The molecular weight excluding hydrogens is 371 g/mol. The molecule has 0 atom stereocenters. The molecule has 0 fully saturated rings. The van der Waals surface area contributed by atoms with E-state index in [-0.39, 0.29) is 15.5 Å². The van der Waals surface area contributed by atoms with Crippen LogP contribution in [0.4, 0.5) is 15.8 Å². The lowest BCUT2D eigenvalue weighted by molar-refractivity contribution is 0.600. The maximum Gasteiger partial charge on any atom is 0.220 e. The van der Waals surface area contributed by atoms with Gasteiger partial charge >= 0.3 is 0 Å². The first-order valence-electron chi connectivity index (χ1n) is 6.15. The first-order valence-corrected chi connectivity index (χ1v) is 8.42. The summed E-state index contributed by atoms with van der Waals surface area (Å²) in [6.45, 7) is 0. The lowest BCUT2D eigenvalue weighted by Gasteiger charge is -2.27. The van der Waals surface area contributed by atoms with Gasteiger partial charge in [-0.05, 0) is 42.5 Å². The molecule has 0 unspecified atom stereocenters. The van der Waals surface area contributed by atoms with Gasteiger partial charge in [-0.1, -0.05) is 15.9 Å². The average molecular weight is 379 g/mol. The predicted molar refractivity (Wildman–Crippen MR) is 83.6 cm³/mol. The van der Waals surface area contributed by atoms with Crippen LogP contribution in [0.15, 0.2) is 62.9 Å². The van der Waals surface area contributed by atoms with Crippen LogP contribution in [0.5, 0.6) is 0 Å². The number of halogens is 2. The number of nitrogens with zero attached hydrogens (tertiary/aromatic N) is 2. The van der Waals surface area contributed by atoms with Gasteiger partial charge in [-0.25, -0.2) is 12.8 Å². The number of fused-ring (bicyclic) bond motifs is 1. The Morgan fingerprint density at radius 2 is 1.82 bits per heavy atom. The Bertz CT molecular complexity index is 931. The van der Waals surface area contributed by atoms with Gasteiger partial charge in [-0.15, -0.1) is 0 Å². The number of allylic oxidation sites excluding steroid dienone is 1. The third-order valence-electron chi connectivity index (χ3n) is 3.22. The Morgan fingerprint density at radius 3 is 2.45 bits per heavy atom. The zero-order valence-electron chi connectivity index (χ0n) is 11.0.